The molecule has 1 N–H and O–H groups in total. The van der Waals surface area contributed by atoms with Gasteiger partial charge in [-0.15, -0.1) is 11.3 Å². The fourth-order valence-electron chi connectivity index (χ4n) is 3.45. The van der Waals surface area contributed by atoms with Crippen LogP contribution in [0.1, 0.15) is 45.1 Å². The maximum Gasteiger partial charge on any atom is 0.264 e. The highest BCUT2D eigenvalue weighted by molar-refractivity contribution is 7.14. The van der Waals surface area contributed by atoms with E-state index in [1.54, 1.807) is 18.3 Å². The van der Waals surface area contributed by atoms with E-state index in [4.69, 9.17) is 4.52 Å². The third-order valence-electron chi connectivity index (χ3n) is 4.84. The Labute approximate surface area is 151 Å². The minimum atomic E-state index is 0.157. The Morgan fingerprint density at radius 2 is 2.20 bits per heavy atom. The molecule has 1 atom stereocenters. The third kappa shape index (κ3) is 3.75. The lowest BCUT2D eigenvalue weighted by Gasteiger charge is -2.33. The molecule has 0 saturated carbocycles. The maximum atomic E-state index is 12.8. The number of rotatable bonds is 4. The number of thiophene rings is 1. The molecule has 2 aliphatic heterocycles. The predicted molar refractivity (Wildman–Crippen MR) is 94.5 cm³/mol. The SMILES string of the molecule is Cc1nc(CN2CCN(C(=O)c3ccc(C4CCCN4)s3)CC2)no1. The minimum absolute atomic E-state index is 0.157. The van der Waals surface area contributed by atoms with Crippen LogP contribution < -0.4 is 5.32 Å². The van der Waals surface area contributed by atoms with Crippen LogP contribution in [0.15, 0.2) is 16.7 Å². The van der Waals surface area contributed by atoms with Gasteiger partial charge in [0.25, 0.3) is 5.91 Å². The van der Waals surface area contributed by atoms with Gasteiger partial charge in [0.05, 0.1) is 11.4 Å². The summed E-state index contributed by atoms with van der Waals surface area (Å²) in [7, 11) is 0. The van der Waals surface area contributed by atoms with Gasteiger partial charge in [-0.3, -0.25) is 9.69 Å². The zero-order valence-corrected chi connectivity index (χ0v) is 15.2. The first-order chi connectivity index (χ1) is 12.2. The van der Waals surface area contributed by atoms with Crippen molar-refractivity contribution in [1.29, 1.82) is 0 Å². The normalized spacial score (nSPS) is 21.8. The standard InChI is InChI=1S/C17H23N5O2S/c1-12-19-16(20-24-12)11-21-7-9-22(10-8-21)17(23)15-5-4-14(25-15)13-3-2-6-18-13/h4-5,13,18H,2-3,6-11H2,1H3. The van der Waals surface area contributed by atoms with Gasteiger partial charge in [-0.1, -0.05) is 5.16 Å². The van der Waals surface area contributed by atoms with Gasteiger partial charge in [-0.2, -0.15) is 4.98 Å². The van der Waals surface area contributed by atoms with Crippen LogP contribution in [-0.2, 0) is 6.54 Å². The zero-order chi connectivity index (χ0) is 17.2. The molecule has 2 saturated heterocycles. The maximum absolute atomic E-state index is 12.8. The van der Waals surface area contributed by atoms with Crippen LogP contribution in [0.4, 0.5) is 0 Å². The molecule has 4 rings (SSSR count). The van der Waals surface area contributed by atoms with Gasteiger partial charge < -0.3 is 14.7 Å². The van der Waals surface area contributed by atoms with Crippen LogP contribution >= 0.6 is 11.3 Å². The first-order valence-electron chi connectivity index (χ1n) is 8.83. The fourth-order valence-corrected chi connectivity index (χ4v) is 4.54. The summed E-state index contributed by atoms with van der Waals surface area (Å²) in [4.78, 5) is 23.3. The van der Waals surface area contributed by atoms with Gasteiger partial charge in [-0.05, 0) is 31.5 Å². The second kappa shape index (κ2) is 7.23. The summed E-state index contributed by atoms with van der Waals surface area (Å²) in [5.74, 6) is 1.46. The molecule has 2 aromatic heterocycles. The van der Waals surface area contributed by atoms with E-state index in [-0.39, 0.29) is 5.91 Å². The molecule has 1 unspecified atom stereocenters. The van der Waals surface area contributed by atoms with Gasteiger partial charge >= 0.3 is 0 Å². The summed E-state index contributed by atoms with van der Waals surface area (Å²) < 4.78 is 5.01. The number of carbonyl (C=O) groups is 1. The number of nitrogens with zero attached hydrogens (tertiary/aromatic N) is 4. The van der Waals surface area contributed by atoms with E-state index in [2.05, 4.69) is 26.4 Å². The topological polar surface area (TPSA) is 74.5 Å². The van der Waals surface area contributed by atoms with E-state index in [0.717, 1.165) is 37.6 Å². The Bertz CT molecular complexity index is 729. The lowest BCUT2D eigenvalue weighted by atomic mass is 10.2. The molecule has 134 valence electrons. The van der Waals surface area contributed by atoms with Crippen molar-refractivity contribution in [2.24, 2.45) is 0 Å². The molecule has 2 aliphatic rings. The Morgan fingerprint density at radius 1 is 1.36 bits per heavy atom. The van der Waals surface area contributed by atoms with Crippen LogP contribution in [-0.4, -0.2) is 58.6 Å². The third-order valence-corrected chi connectivity index (χ3v) is 6.02. The summed E-state index contributed by atoms with van der Waals surface area (Å²) >= 11 is 1.64. The molecule has 0 radical (unpaired) electrons. The number of piperazine rings is 1. The second-order valence-corrected chi connectivity index (χ2v) is 7.76. The average Bonchev–Trinajstić information content (AvgIpc) is 3.36. The number of carbonyl (C=O) groups excluding carboxylic acids is 1. The van der Waals surface area contributed by atoms with E-state index in [9.17, 15) is 4.79 Å². The van der Waals surface area contributed by atoms with Crippen molar-refractivity contribution >= 4 is 17.2 Å². The molecule has 0 aromatic carbocycles. The van der Waals surface area contributed by atoms with Crippen molar-refractivity contribution < 1.29 is 9.32 Å². The van der Waals surface area contributed by atoms with E-state index in [0.29, 0.717) is 24.3 Å². The number of aromatic nitrogens is 2. The summed E-state index contributed by atoms with van der Waals surface area (Å²) in [5, 5.41) is 7.43. The van der Waals surface area contributed by atoms with E-state index >= 15 is 0 Å². The highest BCUT2D eigenvalue weighted by atomic mass is 32.1. The van der Waals surface area contributed by atoms with Crippen molar-refractivity contribution in [2.75, 3.05) is 32.7 Å². The number of amides is 1. The van der Waals surface area contributed by atoms with E-state index < -0.39 is 0 Å². The molecular weight excluding hydrogens is 338 g/mol. The number of aryl methyl sites for hydroxylation is 1. The average molecular weight is 361 g/mol. The van der Waals surface area contributed by atoms with Gasteiger partial charge in [0.1, 0.15) is 0 Å². The molecule has 8 heteroatoms. The van der Waals surface area contributed by atoms with Crippen molar-refractivity contribution in [1.82, 2.24) is 25.3 Å². The lowest BCUT2D eigenvalue weighted by Crippen LogP contribution is -2.48. The van der Waals surface area contributed by atoms with Gasteiger partial charge in [0.2, 0.25) is 5.89 Å². The monoisotopic (exact) mass is 361 g/mol. The van der Waals surface area contributed by atoms with Crippen molar-refractivity contribution in [3.63, 3.8) is 0 Å². The molecule has 2 fully saturated rings. The molecule has 7 nitrogen and oxygen atoms in total. The Balaban J connectivity index is 1.32. The number of nitrogens with one attached hydrogen (secondary N) is 1. The number of hydrogen-bond donors (Lipinski definition) is 1. The molecule has 25 heavy (non-hydrogen) atoms. The summed E-state index contributed by atoms with van der Waals surface area (Å²) in [6.07, 6.45) is 2.39. The van der Waals surface area contributed by atoms with Crippen molar-refractivity contribution in [2.45, 2.75) is 32.4 Å². The zero-order valence-electron chi connectivity index (χ0n) is 14.4. The van der Waals surface area contributed by atoms with Crippen LogP contribution in [0, 0.1) is 6.92 Å². The van der Waals surface area contributed by atoms with E-state index in [1.807, 2.05) is 11.0 Å². The lowest BCUT2D eigenvalue weighted by molar-refractivity contribution is 0.0629. The quantitative estimate of drug-likeness (QED) is 0.895. The fraction of sp³-hybridized carbons (Fsp3) is 0.588. The summed E-state index contributed by atoms with van der Waals surface area (Å²) in [6.45, 7) is 6.70. The first kappa shape index (κ1) is 16.7. The number of hydrogen-bond acceptors (Lipinski definition) is 7. The molecule has 2 aromatic rings. The molecular formula is C17H23N5O2S. The van der Waals surface area contributed by atoms with Gasteiger partial charge in [-0.25, -0.2) is 0 Å². The highest BCUT2D eigenvalue weighted by Gasteiger charge is 2.25. The largest absolute Gasteiger partial charge is 0.340 e. The predicted octanol–water partition coefficient (Wildman–Crippen LogP) is 1.82. The van der Waals surface area contributed by atoms with Gasteiger partial charge in [0, 0.05) is 44.0 Å². The Kier molecular flexibility index (Phi) is 4.82. The summed E-state index contributed by atoms with van der Waals surface area (Å²) in [5.41, 5.74) is 0. The summed E-state index contributed by atoms with van der Waals surface area (Å²) in [6, 6.07) is 4.52. The van der Waals surface area contributed by atoms with Crippen LogP contribution in [0.25, 0.3) is 0 Å². The smallest absolute Gasteiger partial charge is 0.264 e. The van der Waals surface area contributed by atoms with Crippen LogP contribution in [0.5, 0.6) is 0 Å². The van der Waals surface area contributed by atoms with Crippen LogP contribution in [0.3, 0.4) is 0 Å². The molecule has 0 bridgehead atoms. The molecule has 0 spiro atoms. The molecule has 4 heterocycles. The highest BCUT2D eigenvalue weighted by Crippen LogP contribution is 2.30. The first-order valence-corrected chi connectivity index (χ1v) is 9.64. The van der Waals surface area contributed by atoms with E-state index in [1.165, 1.54) is 17.7 Å². The van der Waals surface area contributed by atoms with Crippen molar-refractivity contribution in [3.05, 3.63) is 33.6 Å². The van der Waals surface area contributed by atoms with Gasteiger partial charge in [0.15, 0.2) is 5.82 Å². The van der Waals surface area contributed by atoms with Crippen LogP contribution in [0.2, 0.25) is 0 Å². The minimum Gasteiger partial charge on any atom is -0.340 e. The molecule has 1 amide bonds. The second-order valence-electron chi connectivity index (χ2n) is 6.65. The Hall–Kier alpha value is -1.77. The van der Waals surface area contributed by atoms with Crippen molar-refractivity contribution in [3.8, 4) is 0 Å². The Morgan fingerprint density at radius 3 is 2.88 bits per heavy atom. The molecule has 0 aliphatic carbocycles.